The summed E-state index contributed by atoms with van der Waals surface area (Å²) in [6, 6.07) is 0. The third-order valence-electron chi connectivity index (χ3n) is 5.25. The van der Waals surface area contributed by atoms with Gasteiger partial charge in [-0.1, -0.05) is 13.8 Å². The first-order valence-corrected chi connectivity index (χ1v) is 11.4. The average molecular weight is 454 g/mol. The van der Waals surface area contributed by atoms with Crippen LogP contribution in [0.2, 0.25) is 0 Å². The third-order valence-corrected chi connectivity index (χ3v) is 6.69. The Labute approximate surface area is 180 Å². The lowest BCUT2D eigenvalue weighted by molar-refractivity contribution is -0.112. The Bertz CT molecular complexity index is 984. The molecule has 0 bridgehead atoms. The molecule has 0 aromatic carbocycles. The van der Waals surface area contributed by atoms with E-state index in [1.807, 2.05) is 13.8 Å². The molecule has 11 nitrogen and oxygen atoms in total. The van der Waals surface area contributed by atoms with E-state index in [1.54, 1.807) is 6.92 Å². The van der Waals surface area contributed by atoms with Crippen molar-refractivity contribution in [3.63, 3.8) is 0 Å². The fourth-order valence-corrected chi connectivity index (χ4v) is 4.54. The molecule has 0 aliphatic carbocycles. The quantitative estimate of drug-likeness (QED) is 0.310. The zero-order chi connectivity index (χ0) is 23.1. The summed E-state index contributed by atoms with van der Waals surface area (Å²) in [5.41, 5.74) is -1.52. The first-order valence-electron chi connectivity index (χ1n) is 9.90. The van der Waals surface area contributed by atoms with Gasteiger partial charge < -0.3 is 14.4 Å². The Morgan fingerprint density at radius 2 is 1.87 bits per heavy atom. The second-order valence-electron chi connectivity index (χ2n) is 7.26. The van der Waals surface area contributed by atoms with Crippen LogP contribution in [0.4, 0.5) is 0 Å². The molecule has 2 heterocycles. The van der Waals surface area contributed by atoms with Gasteiger partial charge in [-0.3, -0.25) is 27.9 Å². The number of phosphoric acid groups is 1. The molecule has 0 radical (unpaired) electrons. The minimum Gasteiger partial charge on any atom is -0.349 e. The van der Waals surface area contributed by atoms with Crippen LogP contribution < -0.4 is 11.2 Å². The van der Waals surface area contributed by atoms with Gasteiger partial charge in [-0.05, 0) is 25.7 Å². The van der Waals surface area contributed by atoms with Gasteiger partial charge in [0.2, 0.25) is 13.1 Å². The molecule has 1 aromatic rings. The SMILES string of the molecule is [C-]#[N+]CCOP(=O)(OCC[N+]#[C-])OC[C@@]1(CC)O[C@@H](n2cc(C)c(=O)[nH]c2=O)C[C@H]1C. The maximum Gasteiger partial charge on any atom is 0.475 e. The number of aromatic amines is 1. The number of nitrogens with zero attached hydrogens (tertiary/aromatic N) is 3. The molecule has 31 heavy (non-hydrogen) atoms. The van der Waals surface area contributed by atoms with Gasteiger partial charge in [-0.25, -0.2) is 22.5 Å². The summed E-state index contributed by atoms with van der Waals surface area (Å²) < 4.78 is 36.5. The van der Waals surface area contributed by atoms with Gasteiger partial charge in [-0.2, -0.15) is 0 Å². The van der Waals surface area contributed by atoms with Gasteiger partial charge in [0.05, 0.1) is 12.2 Å². The molecule has 0 saturated carbocycles. The maximum atomic E-state index is 12.9. The summed E-state index contributed by atoms with van der Waals surface area (Å²) in [7, 11) is -4.01. The van der Waals surface area contributed by atoms with Gasteiger partial charge in [0.25, 0.3) is 5.56 Å². The highest BCUT2D eigenvalue weighted by atomic mass is 31.2. The molecule has 1 saturated heterocycles. The van der Waals surface area contributed by atoms with Crippen molar-refractivity contribution in [3.05, 3.63) is 55.4 Å². The van der Waals surface area contributed by atoms with Crippen molar-refractivity contribution in [1.82, 2.24) is 9.55 Å². The van der Waals surface area contributed by atoms with Crippen molar-refractivity contribution in [1.29, 1.82) is 0 Å². The molecule has 0 amide bonds. The second kappa shape index (κ2) is 10.9. The molecule has 3 atom stereocenters. The highest BCUT2D eigenvalue weighted by Crippen LogP contribution is 2.52. The molecule has 1 fully saturated rings. The molecule has 2 rings (SSSR count). The summed E-state index contributed by atoms with van der Waals surface area (Å²) in [6.45, 7) is 18.6. The summed E-state index contributed by atoms with van der Waals surface area (Å²) in [6.07, 6.45) is 1.79. The van der Waals surface area contributed by atoms with Crippen molar-refractivity contribution in [2.24, 2.45) is 5.92 Å². The van der Waals surface area contributed by atoms with E-state index in [0.29, 0.717) is 18.4 Å². The Kier molecular flexibility index (Phi) is 8.75. The van der Waals surface area contributed by atoms with Gasteiger partial charge in [0.15, 0.2) is 0 Å². The van der Waals surface area contributed by atoms with Crippen LogP contribution in [0.3, 0.4) is 0 Å². The lowest BCUT2D eigenvalue weighted by Crippen LogP contribution is -2.40. The van der Waals surface area contributed by atoms with E-state index < -0.39 is 30.9 Å². The molecule has 1 N–H and O–H groups in total. The van der Waals surface area contributed by atoms with Crippen LogP contribution in [-0.4, -0.2) is 48.1 Å². The molecule has 0 unspecified atom stereocenters. The number of ether oxygens (including phenoxy) is 1. The number of aryl methyl sites for hydroxylation is 1. The smallest absolute Gasteiger partial charge is 0.349 e. The van der Waals surface area contributed by atoms with E-state index in [9.17, 15) is 14.2 Å². The number of hydrogen-bond donors (Lipinski definition) is 1. The molecular weight excluding hydrogens is 427 g/mol. The number of H-pyrrole nitrogens is 1. The van der Waals surface area contributed by atoms with Gasteiger partial charge in [-0.15, -0.1) is 0 Å². The van der Waals surface area contributed by atoms with E-state index >= 15 is 0 Å². The number of hydrogen-bond acceptors (Lipinski definition) is 7. The standard InChI is InChI=1S/C19H27N4O7P/c1-6-19(13-29-31(26,27-9-7-20-4)28-10-8-21-5)15(3)11-16(30-19)23-12-14(2)17(24)22-18(23)25/h12,15-16H,6-11,13H2,1-3H3,(H,22,24,25)/t15-,16-,19-/m1/s1. The van der Waals surface area contributed by atoms with Crippen LogP contribution in [0, 0.1) is 26.0 Å². The van der Waals surface area contributed by atoms with Gasteiger partial charge >= 0.3 is 13.5 Å². The largest absolute Gasteiger partial charge is 0.475 e. The number of nitrogens with one attached hydrogen (secondary N) is 1. The summed E-state index contributed by atoms with van der Waals surface area (Å²) in [4.78, 5) is 32.5. The predicted molar refractivity (Wildman–Crippen MR) is 111 cm³/mol. The van der Waals surface area contributed by atoms with Gasteiger partial charge in [0.1, 0.15) is 19.4 Å². The number of phosphoric ester groups is 1. The lowest BCUT2D eigenvalue weighted by Gasteiger charge is -2.32. The Hall–Kier alpha value is -2.27. The zero-order valence-electron chi connectivity index (χ0n) is 17.8. The minimum absolute atomic E-state index is 0.0120. The van der Waals surface area contributed by atoms with E-state index in [4.69, 9.17) is 31.5 Å². The van der Waals surface area contributed by atoms with Crippen LogP contribution >= 0.6 is 7.82 Å². The highest BCUT2D eigenvalue weighted by molar-refractivity contribution is 7.48. The average Bonchev–Trinajstić information content (AvgIpc) is 3.06. The van der Waals surface area contributed by atoms with Crippen LogP contribution in [0.1, 0.15) is 38.5 Å². The van der Waals surface area contributed by atoms with Crippen molar-refractivity contribution >= 4 is 7.82 Å². The highest BCUT2D eigenvalue weighted by Gasteiger charge is 2.48. The molecule has 1 aliphatic heterocycles. The fourth-order valence-electron chi connectivity index (χ4n) is 3.33. The topological polar surface area (TPSA) is 118 Å². The predicted octanol–water partition coefficient (Wildman–Crippen LogP) is 2.55. The molecule has 0 spiro atoms. The van der Waals surface area contributed by atoms with Crippen LogP contribution in [0.5, 0.6) is 0 Å². The Morgan fingerprint density at radius 1 is 1.26 bits per heavy atom. The zero-order valence-corrected chi connectivity index (χ0v) is 18.7. The fraction of sp³-hybridized carbons (Fsp3) is 0.684. The lowest BCUT2D eigenvalue weighted by atomic mass is 9.87. The molecule has 12 heteroatoms. The third kappa shape index (κ3) is 6.13. The van der Waals surface area contributed by atoms with E-state index in [1.165, 1.54) is 10.8 Å². The van der Waals surface area contributed by atoms with Crippen molar-refractivity contribution in [2.75, 3.05) is 32.9 Å². The van der Waals surface area contributed by atoms with E-state index in [0.717, 1.165) is 0 Å². The molecule has 1 aliphatic rings. The number of rotatable bonds is 11. The van der Waals surface area contributed by atoms with Crippen LogP contribution in [-0.2, 0) is 22.9 Å². The van der Waals surface area contributed by atoms with Crippen molar-refractivity contribution < 1.29 is 22.9 Å². The van der Waals surface area contributed by atoms with Crippen molar-refractivity contribution in [3.8, 4) is 0 Å². The van der Waals surface area contributed by atoms with Crippen molar-refractivity contribution in [2.45, 2.75) is 45.4 Å². The Morgan fingerprint density at radius 3 is 2.42 bits per heavy atom. The maximum absolute atomic E-state index is 12.9. The molecule has 170 valence electrons. The van der Waals surface area contributed by atoms with Crippen LogP contribution in [0.15, 0.2) is 15.8 Å². The summed E-state index contributed by atoms with van der Waals surface area (Å²) in [5.74, 6) is -0.0819. The first-order chi connectivity index (χ1) is 14.7. The monoisotopic (exact) mass is 454 g/mol. The first kappa shape index (κ1) is 25.0. The summed E-state index contributed by atoms with van der Waals surface area (Å²) in [5, 5.41) is 0. The van der Waals surface area contributed by atoms with E-state index in [-0.39, 0.29) is 38.8 Å². The second-order valence-corrected chi connectivity index (χ2v) is 8.93. The van der Waals surface area contributed by atoms with Gasteiger partial charge in [0, 0.05) is 11.8 Å². The Balaban J connectivity index is 2.18. The normalized spacial score (nSPS) is 23.4. The van der Waals surface area contributed by atoms with Crippen LogP contribution in [0.25, 0.3) is 9.69 Å². The number of aromatic nitrogens is 2. The van der Waals surface area contributed by atoms with E-state index in [2.05, 4.69) is 14.7 Å². The molecular formula is C19H27N4O7P. The summed E-state index contributed by atoms with van der Waals surface area (Å²) >= 11 is 0. The minimum atomic E-state index is -4.01. The molecule has 1 aromatic heterocycles.